The molecule has 1 aromatic heterocycles. The molecule has 0 spiro atoms. The number of benzene rings is 2. The fourth-order valence-corrected chi connectivity index (χ4v) is 4.61. The van der Waals surface area contributed by atoms with E-state index in [2.05, 4.69) is 11.4 Å². The number of carbonyl (C=O) groups excluding carboxylic acids is 1. The third-order valence-corrected chi connectivity index (χ3v) is 5.83. The number of amides is 1. The molecule has 0 radical (unpaired) electrons. The van der Waals surface area contributed by atoms with Crippen molar-refractivity contribution < 1.29 is 18.5 Å². The summed E-state index contributed by atoms with van der Waals surface area (Å²) < 4.78 is 27.8. The van der Waals surface area contributed by atoms with Crippen LogP contribution in [0.5, 0.6) is 0 Å². The Morgan fingerprint density at radius 1 is 1.27 bits per heavy atom. The van der Waals surface area contributed by atoms with Crippen LogP contribution in [0.3, 0.4) is 0 Å². The second kappa shape index (κ2) is 7.09. The van der Waals surface area contributed by atoms with Crippen molar-refractivity contribution in [2.75, 3.05) is 18.4 Å². The molecular weight excluding hydrogens is 356 g/mol. The molecule has 1 aliphatic heterocycles. The average molecular weight is 374 g/mol. The molecule has 3 aromatic rings. The highest BCUT2D eigenvalue weighted by Crippen LogP contribution is 2.28. The second-order valence-corrected chi connectivity index (χ2v) is 7.53. The Balaban J connectivity index is 1.47. The molecule has 1 unspecified atom stereocenters. The molecule has 2 heterocycles. The summed E-state index contributed by atoms with van der Waals surface area (Å²) in [4.78, 5) is 18.2. The molecule has 2 atom stereocenters. The molecule has 0 bridgehead atoms. The number of rotatable bonds is 4. The van der Waals surface area contributed by atoms with Gasteiger partial charge in [-0.1, -0.05) is 12.1 Å². The molecular formula is C19H18F2N3OS+. The molecule has 134 valence electrons. The zero-order chi connectivity index (χ0) is 18.1. The molecule has 1 aliphatic rings. The van der Waals surface area contributed by atoms with Gasteiger partial charge in [0.05, 0.1) is 22.4 Å². The van der Waals surface area contributed by atoms with Gasteiger partial charge in [-0.15, -0.1) is 11.3 Å². The zero-order valence-electron chi connectivity index (χ0n) is 14.0. The Kier molecular flexibility index (Phi) is 4.65. The molecule has 0 saturated carbocycles. The highest BCUT2D eigenvalue weighted by molar-refractivity contribution is 7.18. The van der Waals surface area contributed by atoms with Gasteiger partial charge in [-0.05, 0) is 24.3 Å². The van der Waals surface area contributed by atoms with Gasteiger partial charge in [0.1, 0.15) is 17.7 Å². The van der Waals surface area contributed by atoms with E-state index in [9.17, 15) is 13.6 Å². The topological polar surface area (TPSA) is 46.4 Å². The molecule has 1 amide bonds. The van der Waals surface area contributed by atoms with Gasteiger partial charge in [0, 0.05) is 18.9 Å². The number of para-hydroxylation sites is 1. The van der Waals surface area contributed by atoms with Gasteiger partial charge in [0.2, 0.25) is 0 Å². The van der Waals surface area contributed by atoms with E-state index in [0.717, 1.165) is 51.6 Å². The molecule has 7 heteroatoms. The standard InChI is InChI=1S/C19H17F2N3OS/c20-12-7-8-14(13(21)10-12)22-18(25)11-24-9-3-5-16(24)19-23-15-4-1-2-6-17(15)26-19/h1-2,4,6-8,10,16H,3,5,9,11H2,(H,22,25)/p+1/t16-/m1/s1. The normalized spacial score (nSPS) is 19.8. The van der Waals surface area contributed by atoms with Crippen molar-refractivity contribution in [2.24, 2.45) is 0 Å². The van der Waals surface area contributed by atoms with Crippen LogP contribution < -0.4 is 10.2 Å². The number of halogens is 2. The summed E-state index contributed by atoms with van der Waals surface area (Å²) in [6.07, 6.45) is 2.00. The molecule has 2 aromatic carbocycles. The van der Waals surface area contributed by atoms with Crippen molar-refractivity contribution in [1.82, 2.24) is 4.98 Å². The van der Waals surface area contributed by atoms with E-state index >= 15 is 0 Å². The van der Waals surface area contributed by atoms with Crippen LogP contribution in [-0.4, -0.2) is 24.0 Å². The minimum absolute atomic E-state index is 0.00605. The van der Waals surface area contributed by atoms with Crippen LogP contribution in [0, 0.1) is 11.6 Å². The maximum Gasteiger partial charge on any atom is 0.279 e. The molecule has 1 fully saturated rings. The quantitative estimate of drug-likeness (QED) is 0.738. The van der Waals surface area contributed by atoms with E-state index in [4.69, 9.17) is 4.98 Å². The van der Waals surface area contributed by atoms with Crippen LogP contribution in [0.15, 0.2) is 42.5 Å². The van der Waals surface area contributed by atoms with Crippen LogP contribution in [0.4, 0.5) is 14.5 Å². The van der Waals surface area contributed by atoms with Crippen LogP contribution in [-0.2, 0) is 4.79 Å². The molecule has 26 heavy (non-hydrogen) atoms. The van der Waals surface area contributed by atoms with Gasteiger partial charge in [0.15, 0.2) is 11.6 Å². The highest BCUT2D eigenvalue weighted by atomic mass is 32.1. The van der Waals surface area contributed by atoms with E-state index in [1.807, 2.05) is 18.2 Å². The summed E-state index contributed by atoms with van der Waals surface area (Å²) in [5.41, 5.74) is 0.989. The predicted molar refractivity (Wildman–Crippen MR) is 97.3 cm³/mol. The Labute approximate surface area is 153 Å². The first-order valence-electron chi connectivity index (χ1n) is 8.55. The number of fused-ring (bicyclic) bond motifs is 1. The lowest BCUT2D eigenvalue weighted by Gasteiger charge is -2.19. The number of hydrogen-bond donors (Lipinski definition) is 2. The lowest BCUT2D eigenvalue weighted by molar-refractivity contribution is -0.910. The molecule has 4 nitrogen and oxygen atoms in total. The molecule has 4 rings (SSSR count). The SMILES string of the molecule is O=C(C[NH+]1CCC[C@@H]1c1nc2ccccc2s1)Nc1ccc(F)cc1F. The van der Waals surface area contributed by atoms with Crippen molar-refractivity contribution in [1.29, 1.82) is 0 Å². The van der Waals surface area contributed by atoms with E-state index < -0.39 is 11.6 Å². The number of carbonyl (C=O) groups is 1. The Bertz CT molecular complexity index is 926. The van der Waals surface area contributed by atoms with E-state index in [-0.39, 0.29) is 24.2 Å². The predicted octanol–water partition coefficient (Wildman–Crippen LogP) is 2.93. The number of quaternary nitrogens is 1. The summed E-state index contributed by atoms with van der Waals surface area (Å²) in [5, 5.41) is 3.59. The molecule has 0 aliphatic carbocycles. The fourth-order valence-electron chi connectivity index (χ4n) is 3.45. The number of nitrogens with one attached hydrogen (secondary N) is 2. The summed E-state index contributed by atoms with van der Waals surface area (Å²) >= 11 is 1.67. The zero-order valence-corrected chi connectivity index (χ0v) is 14.8. The van der Waals surface area contributed by atoms with Gasteiger partial charge in [-0.3, -0.25) is 4.79 Å². The van der Waals surface area contributed by atoms with Gasteiger partial charge in [-0.25, -0.2) is 13.8 Å². The van der Waals surface area contributed by atoms with Gasteiger partial charge in [-0.2, -0.15) is 0 Å². The average Bonchev–Trinajstić information content (AvgIpc) is 3.23. The number of nitrogens with zero attached hydrogens (tertiary/aromatic N) is 1. The number of likely N-dealkylation sites (tertiary alicyclic amines) is 1. The van der Waals surface area contributed by atoms with Crippen LogP contribution in [0.2, 0.25) is 0 Å². The Hall–Kier alpha value is -2.38. The van der Waals surface area contributed by atoms with Crippen molar-refractivity contribution in [3.63, 3.8) is 0 Å². The minimum atomic E-state index is -0.766. The number of thiazole rings is 1. The summed E-state index contributed by atoms with van der Waals surface area (Å²) in [6.45, 7) is 1.11. The van der Waals surface area contributed by atoms with Crippen LogP contribution in [0.25, 0.3) is 10.2 Å². The van der Waals surface area contributed by atoms with Crippen molar-refractivity contribution in [3.8, 4) is 0 Å². The third-order valence-electron chi connectivity index (χ3n) is 4.68. The fraction of sp³-hybridized carbons (Fsp3) is 0.263. The smallest absolute Gasteiger partial charge is 0.279 e. The van der Waals surface area contributed by atoms with Crippen LogP contribution >= 0.6 is 11.3 Å². The number of hydrogen-bond acceptors (Lipinski definition) is 3. The first-order valence-corrected chi connectivity index (χ1v) is 9.37. The maximum atomic E-state index is 13.7. The Morgan fingerprint density at radius 3 is 2.92 bits per heavy atom. The number of anilines is 1. The highest BCUT2D eigenvalue weighted by Gasteiger charge is 2.34. The largest absolute Gasteiger partial charge is 0.319 e. The van der Waals surface area contributed by atoms with Crippen molar-refractivity contribution in [2.45, 2.75) is 18.9 Å². The third kappa shape index (κ3) is 3.45. The summed E-state index contributed by atoms with van der Waals surface area (Å²) in [6, 6.07) is 11.3. The van der Waals surface area contributed by atoms with Gasteiger partial charge in [0.25, 0.3) is 5.91 Å². The van der Waals surface area contributed by atoms with E-state index in [1.165, 1.54) is 6.07 Å². The monoisotopic (exact) mass is 374 g/mol. The second-order valence-electron chi connectivity index (χ2n) is 6.47. The van der Waals surface area contributed by atoms with Crippen LogP contribution in [0.1, 0.15) is 23.9 Å². The van der Waals surface area contributed by atoms with Gasteiger partial charge < -0.3 is 10.2 Å². The summed E-state index contributed by atoms with van der Waals surface area (Å²) in [7, 11) is 0. The molecule has 1 saturated heterocycles. The maximum absolute atomic E-state index is 13.7. The first-order chi connectivity index (χ1) is 12.6. The Morgan fingerprint density at radius 2 is 2.12 bits per heavy atom. The minimum Gasteiger partial charge on any atom is -0.319 e. The molecule has 2 N–H and O–H groups in total. The van der Waals surface area contributed by atoms with Crippen molar-refractivity contribution in [3.05, 3.63) is 59.1 Å². The van der Waals surface area contributed by atoms with E-state index in [1.54, 1.807) is 11.3 Å². The van der Waals surface area contributed by atoms with Crippen molar-refractivity contribution >= 4 is 33.1 Å². The van der Waals surface area contributed by atoms with E-state index in [0.29, 0.717) is 0 Å². The lowest BCUT2D eigenvalue weighted by atomic mass is 10.2. The number of aromatic nitrogens is 1. The van der Waals surface area contributed by atoms with Gasteiger partial charge >= 0.3 is 0 Å². The first kappa shape index (κ1) is 17.1. The summed E-state index contributed by atoms with van der Waals surface area (Å²) in [5.74, 6) is -1.71. The lowest BCUT2D eigenvalue weighted by Crippen LogP contribution is -3.11.